The van der Waals surface area contributed by atoms with E-state index in [4.69, 9.17) is 14.2 Å². The molecule has 0 unspecified atom stereocenters. The Labute approximate surface area is 255 Å². The van der Waals surface area contributed by atoms with Crippen LogP contribution in [0.5, 0.6) is 5.75 Å². The van der Waals surface area contributed by atoms with Crippen LogP contribution in [0.3, 0.4) is 0 Å². The van der Waals surface area contributed by atoms with Gasteiger partial charge in [0, 0.05) is 25.6 Å². The Morgan fingerprint density at radius 1 is 1.02 bits per heavy atom. The highest BCUT2D eigenvalue weighted by atomic mass is 16.7. The molecule has 0 spiro atoms. The number of non-ortho nitro benzene ring substituents is 1. The van der Waals surface area contributed by atoms with Crippen LogP contribution in [-0.2, 0) is 23.8 Å². The second-order valence-electron chi connectivity index (χ2n) is 10.1. The maximum Gasteiger partial charge on any atom is 0.373 e. The third-order valence-electron chi connectivity index (χ3n) is 6.98. The van der Waals surface area contributed by atoms with Crippen molar-refractivity contribution in [2.75, 3.05) is 25.5 Å². The summed E-state index contributed by atoms with van der Waals surface area (Å²) in [7, 11) is 1.12. The number of nitro benzene ring substituents is 1. The molecule has 0 bridgehead atoms. The van der Waals surface area contributed by atoms with Crippen LogP contribution in [0.2, 0.25) is 0 Å². The van der Waals surface area contributed by atoms with Gasteiger partial charge in [0.15, 0.2) is 5.52 Å². The molecule has 6 N–H and O–H groups in total. The molecule has 1 aliphatic heterocycles. The third-order valence-corrected chi connectivity index (χ3v) is 6.98. The fourth-order valence-corrected chi connectivity index (χ4v) is 4.53. The largest absolute Gasteiger partial charge is 0.508 e. The second kappa shape index (κ2) is 15.2. The summed E-state index contributed by atoms with van der Waals surface area (Å²) in [6, 6.07) is 8.61. The van der Waals surface area contributed by atoms with E-state index in [1.807, 2.05) is 0 Å². The van der Waals surface area contributed by atoms with Crippen LogP contribution < -0.4 is 10.6 Å². The average Bonchev–Trinajstić information content (AvgIpc) is 3.52. The highest BCUT2D eigenvalue weighted by molar-refractivity contribution is 5.93. The molecule has 1 aliphatic rings. The number of amides is 1. The number of methoxy groups -OCH3 is 1. The molecule has 242 valence electrons. The first kappa shape index (κ1) is 33.1. The summed E-state index contributed by atoms with van der Waals surface area (Å²) in [4.78, 5) is 35.3. The molecular formula is C28H33N5O12. The molecule has 17 heteroatoms. The van der Waals surface area contributed by atoms with Crippen molar-refractivity contribution in [1.29, 1.82) is 0 Å². The number of carbonyl (C=O) groups excluding carboxylic acids is 2. The lowest BCUT2D eigenvalue weighted by Gasteiger charge is -2.40. The van der Waals surface area contributed by atoms with E-state index >= 15 is 0 Å². The van der Waals surface area contributed by atoms with Crippen molar-refractivity contribution in [3.63, 3.8) is 0 Å². The number of phenols is 1. The fourth-order valence-electron chi connectivity index (χ4n) is 4.53. The van der Waals surface area contributed by atoms with Gasteiger partial charge in [0.2, 0.25) is 23.5 Å². The van der Waals surface area contributed by atoms with E-state index < -0.39 is 41.6 Å². The van der Waals surface area contributed by atoms with Gasteiger partial charge in [-0.1, -0.05) is 18.6 Å². The van der Waals surface area contributed by atoms with Crippen molar-refractivity contribution in [2.45, 2.75) is 56.4 Å². The second-order valence-corrected chi connectivity index (χ2v) is 10.1. The number of carbonyl (C=O) groups is 2. The average molecular weight is 632 g/mol. The van der Waals surface area contributed by atoms with Gasteiger partial charge in [-0.05, 0) is 53.0 Å². The summed E-state index contributed by atoms with van der Waals surface area (Å²) in [5, 5.41) is 64.9. The van der Waals surface area contributed by atoms with Crippen molar-refractivity contribution in [1.82, 2.24) is 15.6 Å². The molecule has 17 nitrogen and oxygen atoms in total. The van der Waals surface area contributed by atoms with Crippen LogP contribution >= 0.6 is 0 Å². The molecule has 1 amide bonds. The van der Waals surface area contributed by atoms with Gasteiger partial charge in [-0.3, -0.25) is 14.9 Å². The van der Waals surface area contributed by atoms with E-state index in [0.29, 0.717) is 37.1 Å². The van der Waals surface area contributed by atoms with Gasteiger partial charge >= 0.3 is 11.7 Å². The van der Waals surface area contributed by atoms with Crippen LogP contribution in [0.15, 0.2) is 46.8 Å². The van der Waals surface area contributed by atoms with Gasteiger partial charge < -0.3 is 45.3 Å². The Bertz CT molecular complexity index is 1510. The van der Waals surface area contributed by atoms with Crippen LogP contribution in [0.4, 0.5) is 11.4 Å². The number of unbranched alkanes of at least 4 members (excludes halogenated alkanes) is 2. The van der Waals surface area contributed by atoms with Crippen LogP contribution in [0.25, 0.3) is 17.1 Å². The number of rotatable bonds is 14. The third kappa shape index (κ3) is 8.42. The molecule has 1 fully saturated rings. The predicted molar refractivity (Wildman–Crippen MR) is 154 cm³/mol. The summed E-state index contributed by atoms with van der Waals surface area (Å²) in [6.45, 7) is 0.280. The number of aliphatic hydroxyl groups excluding tert-OH is 3. The number of ether oxygens (including phenoxy) is 3. The smallest absolute Gasteiger partial charge is 0.373 e. The molecule has 1 saturated heterocycles. The number of nitro groups is 1. The minimum atomic E-state index is -1.74. The van der Waals surface area contributed by atoms with Gasteiger partial charge in [0.1, 0.15) is 30.2 Å². The number of phenolic OH excluding ortho intramolecular Hbond substituents is 1. The quantitative estimate of drug-likeness (QED) is 0.0362. The summed E-state index contributed by atoms with van der Waals surface area (Å²) < 4.78 is 20.5. The van der Waals surface area contributed by atoms with Crippen molar-refractivity contribution in [2.24, 2.45) is 0 Å². The maximum absolute atomic E-state index is 12.4. The zero-order valence-corrected chi connectivity index (χ0v) is 24.1. The van der Waals surface area contributed by atoms with Crippen molar-refractivity contribution in [3.05, 3.63) is 57.8 Å². The van der Waals surface area contributed by atoms with Crippen LogP contribution in [-0.4, -0.2) is 98.4 Å². The highest BCUT2D eigenvalue weighted by Gasteiger charge is 2.45. The zero-order valence-electron chi connectivity index (χ0n) is 24.1. The SMILES string of the molecule is COC(=O)/C(=C/c1ccc(O)cc1)O[C@@H]1O[C@H](CNC(=O)CCCCCNc2ccc([N+](=O)[O-])c3nonc23)[C@H](O)[C@H](O)[C@H]1O. The summed E-state index contributed by atoms with van der Waals surface area (Å²) in [5.74, 6) is -1.62. The molecule has 5 atom stereocenters. The van der Waals surface area contributed by atoms with E-state index in [0.717, 1.165) is 7.11 Å². The topological polar surface area (TPSA) is 249 Å². The van der Waals surface area contributed by atoms with Gasteiger partial charge in [0.05, 0.1) is 17.7 Å². The standard InChI is InChI=1S/C28H33N5O12/c1-42-27(39)19(13-15-6-8-16(34)9-7-15)43-28-26(38)25(37)24(36)20(44-28)14-30-21(35)5-3-2-4-12-29-17-10-11-18(33(40)41)23-22(17)31-45-32-23/h6-11,13,20,24-26,28-29,34,36-38H,2-5,12,14H2,1H3,(H,30,35)/b19-13-/t20-,24+,25+,26-,28-/m1/s1. The number of aromatic nitrogens is 2. The van der Waals surface area contributed by atoms with Gasteiger partial charge in [-0.25, -0.2) is 9.42 Å². The molecule has 3 aromatic rings. The van der Waals surface area contributed by atoms with Crippen molar-refractivity contribution in [3.8, 4) is 5.75 Å². The van der Waals surface area contributed by atoms with Crippen LogP contribution in [0.1, 0.15) is 31.2 Å². The number of fused-ring (bicyclic) bond motifs is 1. The summed E-state index contributed by atoms with van der Waals surface area (Å²) >= 11 is 0. The molecule has 2 aromatic carbocycles. The Kier molecular flexibility index (Phi) is 11.2. The first-order valence-corrected chi connectivity index (χ1v) is 13.9. The van der Waals surface area contributed by atoms with Crippen molar-refractivity contribution < 1.29 is 53.8 Å². The molecule has 0 saturated carbocycles. The lowest BCUT2D eigenvalue weighted by Crippen LogP contribution is -2.60. The summed E-state index contributed by atoms with van der Waals surface area (Å²) in [6.07, 6.45) is -4.49. The Morgan fingerprint density at radius 3 is 2.47 bits per heavy atom. The lowest BCUT2D eigenvalue weighted by molar-refractivity contribution is -0.383. The van der Waals surface area contributed by atoms with Gasteiger partial charge in [-0.15, -0.1) is 0 Å². The molecule has 1 aromatic heterocycles. The fraction of sp³-hybridized carbons (Fsp3) is 0.429. The number of nitrogens with one attached hydrogen (secondary N) is 2. The summed E-state index contributed by atoms with van der Waals surface area (Å²) in [5.41, 5.74) is 1.06. The maximum atomic E-state index is 12.4. The van der Waals surface area contributed by atoms with E-state index in [-0.39, 0.29) is 47.1 Å². The first-order chi connectivity index (χ1) is 21.6. The van der Waals surface area contributed by atoms with Gasteiger partial charge in [0.25, 0.3) is 0 Å². The Morgan fingerprint density at radius 2 is 1.76 bits per heavy atom. The van der Waals surface area contributed by atoms with Crippen molar-refractivity contribution >= 4 is 40.4 Å². The number of benzene rings is 2. The molecule has 2 heterocycles. The van der Waals surface area contributed by atoms with E-state index in [1.54, 1.807) is 0 Å². The normalized spacial score (nSPS) is 21.7. The van der Waals surface area contributed by atoms with E-state index in [9.17, 15) is 40.1 Å². The monoisotopic (exact) mass is 631 g/mol. The van der Waals surface area contributed by atoms with E-state index in [1.165, 1.54) is 42.5 Å². The molecule has 45 heavy (non-hydrogen) atoms. The first-order valence-electron chi connectivity index (χ1n) is 13.9. The number of hydrogen-bond acceptors (Lipinski definition) is 15. The molecule has 0 radical (unpaired) electrons. The molecule has 0 aliphatic carbocycles. The zero-order chi connectivity index (χ0) is 32.5. The minimum absolute atomic E-state index is 0.00420. The Balaban J connectivity index is 1.23. The number of hydrogen-bond donors (Lipinski definition) is 6. The number of aliphatic hydroxyl groups is 3. The minimum Gasteiger partial charge on any atom is -0.508 e. The molecular weight excluding hydrogens is 598 g/mol. The van der Waals surface area contributed by atoms with Gasteiger partial charge in [-0.2, -0.15) is 0 Å². The number of nitrogens with zero attached hydrogens (tertiary/aromatic N) is 3. The van der Waals surface area contributed by atoms with Crippen LogP contribution in [0, 0.1) is 10.1 Å². The highest BCUT2D eigenvalue weighted by Crippen LogP contribution is 2.29. The predicted octanol–water partition coefficient (Wildman–Crippen LogP) is 0.963. The number of esters is 1. The van der Waals surface area contributed by atoms with E-state index in [2.05, 4.69) is 25.6 Å². The lowest BCUT2D eigenvalue weighted by atomic mass is 9.98. The molecule has 4 rings (SSSR count). The Hall–Kier alpha value is -4.84. The number of anilines is 1. The number of aromatic hydroxyl groups is 1.